The molecule has 0 amide bonds. The quantitative estimate of drug-likeness (QED) is 0.128. The fourth-order valence-corrected chi connectivity index (χ4v) is 8.40. The molecule has 5 nitrogen and oxygen atoms in total. The van der Waals surface area contributed by atoms with E-state index in [-0.39, 0.29) is 64.2 Å². The number of hydrogen-bond donors (Lipinski definition) is 0. The van der Waals surface area contributed by atoms with Crippen LogP contribution in [0.15, 0.2) is 133 Å². The summed E-state index contributed by atoms with van der Waals surface area (Å²) >= 11 is 0. The topological polar surface area (TPSA) is 75.7 Å². The van der Waals surface area contributed by atoms with Crippen molar-refractivity contribution >= 4 is 0 Å². The second-order valence-corrected chi connectivity index (χ2v) is 13.6. The maximum Gasteiger partial charge on any atom is 2.00 e. The minimum Gasteiger partial charge on any atom is -0.872 e. The van der Waals surface area contributed by atoms with Crippen LogP contribution >= 0.6 is 0 Å². The van der Waals surface area contributed by atoms with E-state index >= 15 is 10.2 Å². The van der Waals surface area contributed by atoms with Gasteiger partial charge in [0, 0.05) is 25.2 Å². The Bertz CT molecular complexity index is 1600. The molecule has 7 rings (SSSR count). The zero-order valence-corrected chi connectivity index (χ0v) is 36.0. The molecule has 254 valence electrons. The Morgan fingerprint density at radius 1 is 0.549 bits per heavy atom. The van der Waals surface area contributed by atoms with Crippen LogP contribution in [0, 0.1) is 14.4 Å². The van der Waals surface area contributed by atoms with Gasteiger partial charge in [0.2, 0.25) is 0 Å². The summed E-state index contributed by atoms with van der Waals surface area (Å²) in [7, 11) is 0. The van der Waals surface area contributed by atoms with Crippen LogP contribution in [-0.2, 0) is 63.2 Å². The van der Waals surface area contributed by atoms with E-state index in [4.69, 9.17) is 0 Å². The number of rotatable bonds is 10. The average molecular weight is 782 g/mol. The summed E-state index contributed by atoms with van der Waals surface area (Å²) in [5, 5.41) is 44.6. The molecule has 2 heterocycles. The number of likely N-dealkylation sites (tertiary alicyclic amines) is 2. The minimum absolute atomic E-state index is 0. The second kappa shape index (κ2) is 17.7. The number of aryl methyl sites for hydroxylation is 1. The molecule has 0 radical (unpaired) electrons. The van der Waals surface area contributed by atoms with Crippen LogP contribution in [0.2, 0.25) is 0 Å². The molecule has 5 aromatic rings. The zero-order chi connectivity index (χ0) is 33.1. The first-order valence-corrected chi connectivity index (χ1v) is 17.3. The molecular formula is C44H46N2O3Zn2. The Hall–Kier alpha value is -3.01. The van der Waals surface area contributed by atoms with Crippen LogP contribution in [0.1, 0.15) is 64.6 Å². The fourth-order valence-electron chi connectivity index (χ4n) is 8.40. The number of benzene rings is 5. The molecule has 0 aliphatic carbocycles. The normalized spacial score (nSPS) is 18.0. The fraction of sp³-hybridized carbons (Fsp3) is 0.295. The molecule has 7 heteroatoms. The smallest absolute Gasteiger partial charge is 0.872 e. The van der Waals surface area contributed by atoms with E-state index in [1.165, 1.54) is 0 Å². The maximum atomic E-state index is 15.2. The van der Waals surface area contributed by atoms with Crippen molar-refractivity contribution < 1.29 is 54.3 Å². The van der Waals surface area contributed by atoms with Crippen molar-refractivity contribution in [2.75, 3.05) is 13.1 Å². The summed E-state index contributed by atoms with van der Waals surface area (Å²) in [6, 6.07) is 42.2. The van der Waals surface area contributed by atoms with E-state index in [0.717, 1.165) is 77.7 Å². The Labute approximate surface area is 329 Å². The van der Waals surface area contributed by atoms with Gasteiger partial charge in [-0.05, 0) is 68.0 Å². The molecule has 0 aromatic heterocycles. The van der Waals surface area contributed by atoms with Gasteiger partial charge in [-0.2, -0.15) is 0 Å². The van der Waals surface area contributed by atoms with Crippen LogP contribution in [-0.4, -0.2) is 35.0 Å². The second-order valence-electron chi connectivity index (χ2n) is 13.6. The molecule has 2 aliphatic heterocycles. The summed E-state index contributed by atoms with van der Waals surface area (Å²) in [6.45, 7) is 4.40. The van der Waals surface area contributed by atoms with Gasteiger partial charge in [0.15, 0.2) is 0 Å². The molecule has 0 saturated carbocycles. The third-order valence-corrected chi connectivity index (χ3v) is 10.6. The summed E-state index contributed by atoms with van der Waals surface area (Å²) in [5.41, 5.74) is 2.51. The van der Waals surface area contributed by atoms with Gasteiger partial charge in [0.25, 0.3) is 0 Å². The van der Waals surface area contributed by atoms with Crippen molar-refractivity contribution in [3.8, 4) is 5.75 Å². The van der Waals surface area contributed by atoms with Gasteiger partial charge in [-0.1, -0.05) is 167 Å². The first-order chi connectivity index (χ1) is 23.4. The summed E-state index contributed by atoms with van der Waals surface area (Å²) < 4.78 is 0. The van der Waals surface area contributed by atoms with Gasteiger partial charge in [-0.25, -0.2) is 0 Å². The van der Waals surface area contributed by atoms with Gasteiger partial charge in [-0.3, -0.25) is 9.80 Å². The van der Waals surface area contributed by atoms with Crippen molar-refractivity contribution in [1.82, 2.24) is 9.80 Å². The third-order valence-electron chi connectivity index (χ3n) is 10.6. The van der Waals surface area contributed by atoms with Gasteiger partial charge in [0.05, 0.1) is 0 Å². The molecular weight excluding hydrogens is 735 g/mol. The Morgan fingerprint density at radius 3 is 1.14 bits per heavy atom. The Balaban J connectivity index is 0.00000194. The predicted octanol–water partition coefficient (Wildman–Crippen LogP) is 6.05. The van der Waals surface area contributed by atoms with E-state index < -0.39 is 11.2 Å². The SMILES string of the molecule is Cc1cc(CN2CCC[C@H]2C([O-])(c2ccccc2)c2ccccc2)c([O-])c(CN2CCC[C@H]2C([O-])(c2ccccc2)c2ccccc2)c1.[CH3-].[Zn+2].[Zn+2]. The van der Waals surface area contributed by atoms with Crippen LogP contribution in [0.5, 0.6) is 5.75 Å². The van der Waals surface area contributed by atoms with Gasteiger partial charge < -0.3 is 22.7 Å². The van der Waals surface area contributed by atoms with Gasteiger partial charge in [-0.15, -0.1) is 0 Å². The van der Waals surface area contributed by atoms with Crippen LogP contribution in [0.4, 0.5) is 0 Å². The van der Waals surface area contributed by atoms with Crippen molar-refractivity contribution in [3.05, 3.63) is 180 Å². The predicted molar refractivity (Wildman–Crippen MR) is 191 cm³/mol. The maximum absolute atomic E-state index is 15.2. The van der Waals surface area contributed by atoms with Crippen molar-refractivity contribution in [3.63, 3.8) is 0 Å². The molecule has 51 heavy (non-hydrogen) atoms. The molecule has 2 saturated heterocycles. The summed E-state index contributed by atoms with van der Waals surface area (Å²) in [6.07, 6.45) is 3.34. The Morgan fingerprint density at radius 2 is 0.843 bits per heavy atom. The molecule has 0 spiro atoms. The van der Waals surface area contributed by atoms with E-state index in [9.17, 15) is 5.11 Å². The Kier molecular flexibility index (Phi) is 14.1. The van der Waals surface area contributed by atoms with Gasteiger partial charge >= 0.3 is 39.0 Å². The zero-order valence-electron chi connectivity index (χ0n) is 30.0. The van der Waals surface area contributed by atoms with E-state index in [0.29, 0.717) is 13.1 Å². The monoisotopic (exact) mass is 778 g/mol. The van der Waals surface area contributed by atoms with E-state index in [2.05, 4.69) is 9.80 Å². The molecule has 5 aromatic carbocycles. The molecule has 2 atom stereocenters. The number of hydrogen-bond acceptors (Lipinski definition) is 5. The first-order valence-electron chi connectivity index (χ1n) is 17.3. The largest absolute Gasteiger partial charge is 2.00 e. The molecule has 0 unspecified atom stereocenters. The molecule has 2 fully saturated rings. The molecule has 0 bridgehead atoms. The van der Waals surface area contributed by atoms with E-state index in [1.54, 1.807) is 0 Å². The first kappa shape index (κ1) is 40.8. The molecule has 2 aliphatic rings. The molecule has 0 N–H and O–H groups in total. The number of nitrogens with zero attached hydrogens (tertiary/aromatic N) is 2. The van der Waals surface area contributed by atoms with Crippen molar-refractivity contribution in [2.45, 2.75) is 69.0 Å². The third kappa shape index (κ3) is 8.01. The minimum atomic E-state index is -1.47. The van der Waals surface area contributed by atoms with E-state index in [1.807, 2.05) is 140 Å². The van der Waals surface area contributed by atoms with Crippen LogP contribution in [0.3, 0.4) is 0 Å². The van der Waals surface area contributed by atoms with Crippen molar-refractivity contribution in [2.24, 2.45) is 0 Å². The summed E-state index contributed by atoms with van der Waals surface area (Å²) in [4.78, 5) is 4.47. The van der Waals surface area contributed by atoms with Crippen LogP contribution < -0.4 is 15.3 Å². The standard InChI is InChI=1S/C43H44N2O3.CH3.2Zn/c1-32-28-33(30-44-26-14-24-39(44)42(47,35-16-6-2-7-17-35)36-18-8-3-9-19-36)41(46)34(29-32)31-45-27-15-25-40(45)43(48,37-20-10-4-11-21-37)38-22-12-5-13-23-38;;;/h2-13,16-23,28-29,39-40,46H,14-15,24-27,30-31H2,1H3;1H3;;/q-2;-1;2*+2/p-1/t39-,40-;;;/m0.../s1. The average Bonchev–Trinajstić information content (AvgIpc) is 3.81. The van der Waals surface area contributed by atoms with Crippen LogP contribution in [0.25, 0.3) is 0 Å². The van der Waals surface area contributed by atoms with Crippen molar-refractivity contribution in [1.29, 1.82) is 0 Å². The summed E-state index contributed by atoms with van der Waals surface area (Å²) in [5.74, 6) is 0.0174. The van der Waals surface area contributed by atoms with Gasteiger partial charge in [0.1, 0.15) is 0 Å².